The molecular weight excluding hydrogens is 901 g/mol. The molecule has 0 amide bonds. The SMILES string of the molecule is CC/C=C\C/C=C\C/C=C\C/C=C\C/C=C\C/C=C\C/C=C\C/C=C\CCCCCCC(=O)OCC(COC(=O)CCCCCCCCC)OC(=O)CCCCC/C=C\C/C=C\C/C=C\C/C=C\C/C=C\CC. The van der Waals surface area contributed by atoms with Gasteiger partial charge in [-0.1, -0.05) is 237 Å². The highest BCUT2D eigenvalue weighted by atomic mass is 16.6. The Hall–Kier alpha value is -4.97. The number of carbonyl (C=O) groups excluding carboxylic acids is 3. The van der Waals surface area contributed by atoms with Crippen LogP contribution < -0.4 is 0 Å². The summed E-state index contributed by atoms with van der Waals surface area (Å²) in [6.07, 6.45) is 86.8. The molecule has 73 heavy (non-hydrogen) atoms. The maximum Gasteiger partial charge on any atom is 0.306 e. The van der Waals surface area contributed by atoms with E-state index in [1.54, 1.807) is 0 Å². The van der Waals surface area contributed by atoms with Gasteiger partial charge in [-0.3, -0.25) is 14.4 Å². The molecule has 0 bridgehead atoms. The van der Waals surface area contributed by atoms with Gasteiger partial charge in [-0.05, 0) is 128 Å². The Morgan fingerprint density at radius 2 is 0.534 bits per heavy atom. The van der Waals surface area contributed by atoms with Gasteiger partial charge in [0.25, 0.3) is 0 Å². The fraction of sp³-hybridized carbons (Fsp3) is 0.567. The Kier molecular flexibility index (Phi) is 55.5. The van der Waals surface area contributed by atoms with E-state index in [0.717, 1.165) is 154 Å². The molecule has 0 saturated carbocycles. The van der Waals surface area contributed by atoms with Crippen molar-refractivity contribution in [2.45, 2.75) is 232 Å². The molecule has 0 aromatic heterocycles. The van der Waals surface area contributed by atoms with Gasteiger partial charge in [-0.25, -0.2) is 0 Å². The molecule has 0 heterocycles. The van der Waals surface area contributed by atoms with Gasteiger partial charge in [-0.2, -0.15) is 0 Å². The molecule has 0 spiro atoms. The molecule has 0 aromatic carbocycles. The molecular formula is C67H104O6. The lowest BCUT2D eigenvalue weighted by Gasteiger charge is -2.18. The third kappa shape index (κ3) is 57.8. The number of hydrogen-bond acceptors (Lipinski definition) is 6. The first-order chi connectivity index (χ1) is 36.0. The first kappa shape index (κ1) is 68.0. The van der Waals surface area contributed by atoms with Gasteiger partial charge in [0.2, 0.25) is 0 Å². The normalized spacial score (nSPS) is 13.3. The van der Waals surface area contributed by atoms with Crippen LogP contribution in [0.2, 0.25) is 0 Å². The average Bonchev–Trinajstić information content (AvgIpc) is 3.39. The van der Waals surface area contributed by atoms with E-state index in [1.807, 2.05) is 0 Å². The molecule has 6 nitrogen and oxygen atoms in total. The summed E-state index contributed by atoms with van der Waals surface area (Å²) in [6.45, 7) is 6.30. The maximum absolute atomic E-state index is 12.8. The third-order valence-electron chi connectivity index (χ3n) is 11.5. The van der Waals surface area contributed by atoms with Gasteiger partial charge in [0.05, 0.1) is 0 Å². The van der Waals surface area contributed by atoms with Crippen molar-refractivity contribution in [1.82, 2.24) is 0 Å². The Morgan fingerprint density at radius 3 is 0.849 bits per heavy atom. The third-order valence-corrected chi connectivity index (χ3v) is 11.5. The van der Waals surface area contributed by atoms with Gasteiger partial charge in [0.1, 0.15) is 13.2 Å². The topological polar surface area (TPSA) is 78.9 Å². The molecule has 0 radical (unpaired) electrons. The predicted molar refractivity (Wildman–Crippen MR) is 315 cm³/mol. The zero-order valence-corrected chi connectivity index (χ0v) is 46.6. The number of esters is 3. The summed E-state index contributed by atoms with van der Waals surface area (Å²) in [4.78, 5) is 38.0. The summed E-state index contributed by atoms with van der Waals surface area (Å²) in [5.41, 5.74) is 0. The lowest BCUT2D eigenvalue weighted by atomic mass is 10.1. The summed E-state index contributed by atoms with van der Waals surface area (Å²) < 4.78 is 16.7. The Morgan fingerprint density at radius 1 is 0.288 bits per heavy atom. The molecule has 1 atom stereocenters. The van der Waals surface area contributed by atoms with Crippen molar-refractivity contribution < 1.29 is 28.6 Å². The van der Waals surface area contributed by atoms with Crippen LogP contribution in [0.15, 0.2) is 158 Å². The van der Waals surface area contributed by atoms with Crippen LogP contribution in [0.5, 0.6) is 0 Å². The highest BCUT2D eigenvalue weighted by molar-refractivity contribution is 5.71. The molecule has 6 heteroatoms. The molecule has 1 unspecified atom stereocenters. The second-order valence-corrected chi connectivity index (χ2v) is 18.4. The fourth-order valence-electron chi connectivity index (χ4n) is 7.25. The summed E-state index contributed by atoms with van der Waals surface area (Å²) in [7, 11) is 0. The number of ether oxygens (including phenoxy) is 3. The standard InChI is InChI=1S/C67H104O6/c1-4-7-10-13-16-18-20-22-24-26-28-29-30-31-32-33-34-35-36-37-39-40-42-44-46-48-51-54-57-60-66(69)72-63-64(62-71-65(68)59-56-53-50-15-12-9-6-3)73-67(70)61-58-55-52-49-47-45-43-41-38-27-25-23-21-19-17-14-11-8-5-2/h7-8,10-11,16-19,22-25,28-29,31-32,34-35,37-39,41-42,44-45,47,64H,4-6,9,12-15,20-21,26-27,30,33,36,40,43,46,48-63H2,1-3H3/b10-7-,11-8-,18-16-,19-17-,24-22-,25-23-,29-28-,32-31-,35-34-,39-37-,41-38-,44-42-,47-45-. The predicted octanol–water partition coefficient (Wildman–Crippen LogP) is 19.8. The first-order valence-electron chi connectivity index (χ1n) is 29.0. The summed E-state index contributed by atoms with van der Waals surface area (Å²) in [6, 6.07) is 0. The quantitative estimate of drug-likeness (QED) is 0.0261. The number of rotatable bonds is 50. The highest BCUT2D eigenvalue weighted by Gasteiger charge is 2.19. The lowest BCUT2D eigenvalue weighted by Crippen LogP contribution is -2.30. The van der Waals surface area contributed by atoms with Crippen LogP contribution in [0.25, 0.3) is 0 Å². The van der Waals surface area contributed by atoms with E-state index in [4.69, 9.17) is 14.2 Å². The number of carbonyl (C=O) groups is 3. The summed E-state index contributed by atoms with van der Waals surface area (Å²) in [5, 5.41) is 0. The van der Waals surface area contributed by atoms with Crippen LogP contribution >= 0.6 is 0 Å². The molecule has 0 aliphatic carbocycles. The lowest BCUT2D eigenvalue weighted by molar-refractivity contribution is -0.167. The van der Waals surface area contributed by atoms with Crippen LogP contribution in [-0.2, 0) is 28.6 Å². The first-order valence-corrected chi connectivity index (χ1v) is 29.0. The van der Waals surface area contributed by atoms with Crippen LogP contribution in [0.4, 0.5) is 0 Å². The van der Waals surface area contributed by atoms with E-state index < -0.39 is 6.10 Å². The fourth-order valence-corrected chi connectivity index (χ4v) is 7.25. The number of hydrogen-bond donors (Lipinski definition) is 0. The summed E-state index contributed by atoms with van der Waals surface area (Å²) >= 11 is 0. The molecule has 0 saturated heterocycles. The monoisotopic (exact) mass is 1000 g/mol. The van der Waals surface area contributed by atoms with Gasteiger partial charge in [-0.15, -0.1) is 0 Å². The van der Waals surface area contributed by atoms with Crippen molar-refractivity contribution >= 4 is 17.9 Å². The largest absolute Gasteiger partial charge is 0.462 e. The van der Waals surface area contributed by atoms with Crippen molar-refractivity contribution in [3.05, 3.63) is 158 Å². The Labute approximate surface area is 448 Å². The molecule has 0 rings (SSSR count). The second kappa shape index (κ2) is 59.6. The molecule has 0 aromatic rings. The minimum Gasteiger partial charge on any atom is -0.462 e. The molecule has 0 aliphatic heterocycles. The molecule has 0 N–H and O–H groups in total. The average molecular weight is 1010 g/mol. The zero-order valence-electron chi connectivity index (χ0n) is 46.6. The van der Waals surface area contributed by atoms with Crippen molar-refractivity contribution in [3.8, 4) is 0 Å². The van der Waals surface area contributed by atoms with E-state index >= 15 is 0 Å². The van der Waals surface area contributed by atoms with Gasteiger partial charge in [0.15, 0.2) is 6.10 Å². The summed E-state index contributed by atoms with van der Waals surface area (Å²) in [5.74, 6) is -0.981. The second-order valence-electron chi connectivity index (χ2n) is 18.4. The highest BCUT2D eigenvalue weighted by Crippen LogP contribution is 2.12. The number of allylic oxidation sites excluding steroid dienone is 26. The Bertz CT molecular complexity index is 1670. The van der Waals surface area contributed by atoms with E-state index in [2.05, 4.69) is 179 Å². The van der Waals surface area contributed by atoms with Gasteiger partial charge in [0, 0.05) is 19.3 Å². The van der Waals surface area contributed by atoms with Crippen molar-refractivity contribution in [2.75, 3.05) is 13.2 Å². The molecule has 0 aliphatic rings. The van der Waals surface area contributed by atoms with Crippen LogP contribution in [0.1, 0.15) is 226 Å². The molecule has 408 valence electrons. The van der Waals surface area contributed by atoms with E-state index in [-0.39, 0.29) is 37.5 Å². The molecule has 0 fully saturated rings. The smallest absolute Gasteiger partial charge is 0.306 e. The van der Waals surface area contributed by atoms with E-state index in [1.165, 1.54) is 25.7 Å². The number of unbranched alkanes of at least 4 members (excludes halogenated alkanes) is 13. The Balaban J connectivity index is 4.33. The van der Waals surface area contributed by atoms with Crippen molar-refractivity contribution in [3.63, 3.8) is 0 Å². The minimum atomic E-state index is -0.811. The van der Waals surface area contributed by atoms with Crippen LogP contribution in [0.3, 0.4) is 0 Å². The maximum atomic E-state index is 12.8. The van der Waals surface area contributed by atoms with Gasteiger partial charge < -0.3 is 14.2 Å². The minimum absolute atomic E-state index is 0.106. The van der Waals surface area contributed by atoms with Crippen LogP contribution in [0, 0.1) is 0 Å². The zero-order chi connectivity index (χ0) is 52.9. The van der Waals surface area contributed by atoms with Crippen molar-refractivity contribution in [1.29, 1.82) is 0 Å². The van der Waals surface area contributed by atoms with Gasteiger partial charge >= 0.3 is 17.9 Å². The van der Waals surface area contributed by atoms with E-state index in [9.17, 15) is 14.4 Å². The van der Waals surface area contributed by atoms with Crippen molar-refractivity contribution in [2.24, 2.45) is 0 Å². The van der Waals surface area contributed by atoms with E-state index in [0.29, 0.717) is 19.3 Å². The van der Waals surface area contributed by atoms with Crippen LogP contribution in [-0.4, -0.2) is 37.2 Å².